The van der Waals surface area contributed by atoms with E-state index in [9.17, 15) is 9.59 Å². The molecule has 33 heavy (non-hydrogen) atoms. The van der Waals surface area contributed by atoms with Crippen molar-refractivity contribution in [2.75, 3.05) is 13.1 Å². The van der Waals surface area contributed by atoms with Crippen LogP contribution in [0.25, 0.3) is 11.0 Å². The summed E-state index contributed by atoms with van der Waals surface area (Å²) in [7, 11) is 0. The number of para-hydroxylation sites is 2. The number of ether oxygens (including phenoxy) is 1. The minimum Gasteiger partial charge on any atom is -0.444 e. The molecule has 2 heterocycles. The fraction of sp³-hybridized carbons (Fsp3) is 0.423. The summed E-state index contributed by atoms with van der Waals surface area (Å²) in [5.41, 5.74) is 3.35. The topological polar surface area (TPSA) is 76.5 Å². The summed E-state index contributed by atoms with van der Waals surface area (Å²) in [6.45, 7) is 9.47. The predicted molar refractivity (Wildman–Crippen MR) is 128 cm³/mol. The number of imidazole rings is 1. The molecule has 2 amide bonds. The van der Waals surface area contributed by atoms with Gasteiger partial charge in [0.1, 0.15) is 11.4 Å². The number of aromatic nitrogens is 2. The van der Waals surface area contributed by atoms with Crippen LogP contribution < -0.4 is 5.32 Å². The van der Waals surface area contributed by atoms with Crippen LogP contribution in [0.2, 0.25) is 0 Å². The molecule has 1 aliphatic rings. The van der Waals surface area contributed by atoms with E-state index < -0.39 is 5.60 Å². The summed E-state index contributed by atoms with van der Waals surface area (Å²) in [6, 6.07) is 15.9. The van der Waals surface area contributed by atoms with Crippen LogP contribution in [0, 0.1) is 6.92 Å². The van der Waals surface area contributed by atoms with Crippen LogP contribution in [0.1, 0.15) is 55.4 Å². The van der Waals surface area contributed by atoms with Gasteiger partial charge in [0.2, 0.25) is 0 Å². The van der Waals surface area contributed by atoms with Crippen molar-refractivity contribution in [2.45, 2.75) is 58.7 Å². The number of likely N-dealkylation sites (tertiary alicyclic amines) is 1. The maximum Gasteiger partial charge on any atom is 0.410 e. The van der Waals surface area contributed by atoms with Crippen molar-refractivity contribution in [1.29, 1.82) is 0 Å². The SMILES string of the molecule is Cc1nc2ccccc2n1Cc1ccc(C(=O)NC2CCN(C(=O)OC(C)(C)C)CC2)cc1. The fourth-order valence-electron chi connectivity index (χ4n) is 4.14. The van der Waals surface area contributed by atoms with Gasteiger partial charge >= 0.3 is 6.09 Å². The Balaban J connectivity index is 1.32. The Kier molecular flexibility index (Phi) is 6.40. The monoisotopic (exact) mass is 448 g/mol. The molecule has 0 unspecified atom stereocenters. The van der Waals surface area contributed by atoms with Gasteiger partial charge in [-0.3, -0.25) is 4.79 Å². The Morgan fingerprint density at radius 2 is 1.73 bits per heavy atom. The molecule has 0 spiro atoms. The first-order chi connectivity index (χ1) is 15.7. The van der Waals surface area contributed by atoms with Crippen LogP contribution >= 0.6 is 0 Å². The van der Waals surface area contributed by atoms with Crippen molar-refractivity contribution >= 4 is 23.0 Å². The number of carbonyl (C=O) groups excluding carboxylic acids is 2. The van der Waals surface area contributed by atoms with Crippen LogP contribution in [0.4, 0.5) is 4.79 Å². The molecule has 0 radical (unpaired) electrons. The molecule has 1 saturated heterocycles. The smallest absolute Gasteiger partial charge is 0.410 e. The first-order valence-electron chi connectivity index (χ1n) is 11.5. The third-order valence-corrected chi connectivity index (χ3v) is 5.88. The van der Waals surface area contributed by atoms with Gasteiger partial charge in [0.15, 0.2) is 0 Å². The van der Waals surface area contributed by atoms with Gasteiger partial charge in [-0.05, 0) is 70.4 Å². The molecule has 2 aromatic carbocycles. The van der Waals surface area contributed by atoms with E-state index in [2.05, 4.69) is 20.9 Å². The molecule has 7 heteroatoms. The highest BCUT2D eigenvalue weighted by Gasteiger charge is 2.27. The van der Waals surface area contributed by atoms with Crippen molar-refractivity contribution in [3.05, 3.63) is 65.5 Å². The number of rotatable bonds is 4. The average molecular weight is 449 g/mol. The normalized spacial score (nSPS) is 15.0. The van der Waals surface area contributed by atoms with Gasteiger partial charge in [0.05, 0.1) is 11.0 Å². The fourth-order valence-corrected chi connectivity index (χ4v) is 4.14. The summed E-state index contributed by atoms with van der Waals surface area (Å²) >= 11 is 0. The van der Waals surface area contributed by atoms with Crippen molar-refractivity contribution < 1.29 is 14.3 Å². The maximum atomic E-state index is 12.7. The second kappa shape index (κ2) is 9.25. The third-order valence-electron chi connectivity index (χ3n) is 5.88. The lowest BCUT2D eigenvalue weighted by molar-refractivity contribution is 0.0199. The van der Waals surface area contributed by atoms with Gasteiger partial charge in [-0.25, -0.2) is 9.78 Å². The molecule has 1 fully saturated rings. The molecule has 1 aromatic heterocycles. The molecular formula is C26H32N4O3. The number of aryl methyl sites for hydroxylation is 1. The Hall–Kier alpha value is -3.35. The molecule has 1 aliphatic heterocycles. The van der Waals surface area contributed by atoms with E-state index in [-0.39, 0.29) is 18.0 Å². The standard InChI is InChI=1S/C26H32N4O3/c1-18-27-22-7-5-6-8-23(22)30(18)17-19-9-11-20(12-10-19)24(31)28-21-13-15-29(16-14-21)25(32)33-26(2,3)4/h5-12,21H,13-17H2,1-4H3,(H,28,31). The van der Waals surface area contributed by atoms with Crippen molar-refractivity contribution in [3.8, 4) is 0 Å². The van der Waals surface area contributed by atoms with E-state index in [1.165, 1.54) is 0 Å². The molecule has 0 bridgehead atoms. The minimum atomic E-state index is -0.502. The molecule has 0 aliphatic carbocycles. The lowest BCUT2D eigenvalue weighted by Crippen LogP contribution is -2.47. The van der Waals surface area contributed by atoms with Gasteiger partial charge in [-0.2, -0.15) is 0 Å². The van der Waals surface area contributed by atoms with Gasteiger partial charge in [0, 0.05) is 31.2 Å². The van der Waals surface area contributed by atoms with E-state index >= 15 is 0 Å². The maximum absolute atomic E-state index is 12.7. The lowest BCUT2D eigenvalue weighted by Gasteiger charge is -2.33. The number of hydrogen-bond donors (Lipinski definition) is 1. The van der Waals surface area contributed by atoms with Gasteiger partial charge in [-0.15, -0.1) is 0 Å². The summed E-state index contributed by atoms with van der Waals surface area (Å²) < 4.78 is 7.62. The number of carbonyl (C=O) groups is 2. The third kappa shape index (κ3) is 5.53. The molecule has 1 N–H and O–H groups in total. The van der Waals surface area contributed by atoms with Crippen LogP contribution in [0.15, 0.2) is 48.5 Å². The molecule has 174 valence electrons. The second-order valence-electron chi connectivity index (χ2n) is 9.65. The number of piperidine rings is 1. The second-order valence-corrected chi connectivity index (χ2v) is 9.65. The summed E-state index contributed by atoms with van der Waals surface area (Å²) in [6.07, 6.45) is 1.15. The Morgan fingerprint density at radius 3 is 2.39 bits per heavy atom. The Morgan fingerprint density at radius 1 is 1.06 bits per heavy atom. The Bertz CT molecular complexity index is 1140. The van der Waals surface area contributed by atoms with E-state index in [1.54, 1.807) is 4.90 Å². The van der Waals surface area contributed by atoms with Gasteiger partial charge < -0.3 is 19.5 Å². The van der Waals surface area contributed by atoms with Crippen LogP contribution in [-0.4, -0.2) is 51.2 Å². The minimum absolute atomic E-state index is 0.0517. The zero-order valence-corrected chi connectivity index (χ0v) is 19.8. The van der Waals surface area contributed by atoms with E-state index in [1.807, 2.05) is 70.2 Å². The highest BCUT2D eigenvalue weighted by Crippen LogP contribution is 2.19. The van der Waals surface area contributed by atoms with E-state index in [0.717, 1.165) is 35.3 Å². The number of fused-ring (bicyclic) bond motifs is 1. The van der Waals surface area contributed by atoms with Crippen LogP contribution in [0.3, 0.4) is 0 Å². The molecule has 3 aromatic rings. The zero-order valence-electron chi connectivity index (χ0n) is 19.8. The van der Waals surface area contributed by atoms with Crippen molar-refractivity contribution in [1.82, 2.24) is 19.8 Å². The molecule has 7 nitrogen and oxygen atoms in total. The Labute approximate surface area is 194 Å². The summed E-state index contributed by atoms with van der Waals surface area (Å²) in [5.74, 6) is 0.886. The highest BCUT2D eigenvalue weighted by atomic mass is 16.6. The van der Waals surface area contributed by atoms with Crippen LogP contribution in [0.5, 0.6) is 0 Å². The molecule has 4 rings (SSSR count). The summed E-state index contributed by atoms with van der Waals surface area (Å²) in [5, 5.41) is 3.11. The van der Waals surface area contributed by atoms with Crippen LogP contribution in [-0.2, 0) is 11.3 Å². The van der Waals surface area contributed by atoms with E-state index in [4.69, 9.17) is 4.74 Å². The summed E-state index contributed by atoms with van der Waals surface area (Å²) in [4.78, 5) is 31.3. The number of nitrogens with one attached hydrogen (secondary N) is 1. The lowest BCUT2D eigenvalue weighted by atomic mass is 10.0. The number of hydrogen-bond acceptors (Lipinski definition) is 4. The highest BCUT2D eigenvalue weighted by molar-refractivity contribution is 5.94. The van der Waals surface area contributed by atoms with Gasteiger partial charge in [-0.1, -0.05) is 24.3 Å². The average Bonchev–Trinajstić information content (AvgIpc) is 3.08. The number of amides is 2. The predicted octanol–water partition coefficient (Wildman–Crippen LogP) is 4.52. The van der Waals surface area contributed by atoms with Crippen molar-refractivity contribution in [3.63, 3.8) is 0 Å². The largest absolute Gasteiger partial charge is 0.444 e. The van der Waals surface area contributed by atoms with Gasteiger partial charge in [0.25, 0.3) is 5.91 Å². The first kappa shape index (κ1) is 22.8. The molecule has 0 atom stereocenters. The molecule has 0 saturated carbocycles. The quantitative estimate of drug-likeness (QED) is 0.637. The number of benzene rings is 2. The zero-order chi connectivity index (χ0) is 23.6. The van der Waals surface area contributed by atoms with Crippen molar-refractivity contribution in [2.24, 2.45) is 0 Å². The molecular weight excluding hydrogens is 416 g/mol. The number of nitrogens with zero attached hydrogens (tertiary/aromatic N) is 3. The first-order valence-corrected chi connectivity index (χ1v) is 11.5. The van der Waals surface area contributed by atoms with E-state index in [0.29, 0.717) is 25.2 Å².